The van der Waals surface area contributed by atoms with Gasteiger partial charge in [0.05, 0.1) is 22.4 Å². The number of fused-ring (bicyclic) bond motifs is 2. The second kappa shape index (κ2) is 8.73. The Bertz CT molecular complexity index is 1500. The van der Waals surface area contributed by atoms with Crippen LogP contribution in [0, 0.1) is 0 Å². The molecule has 2 fully saturated rings. The Morgan fingerprint density at radius 2 is 0.800 bits per heavy atom. The molecular formula is C32H36B2O6. The predicted octanol–water partition coefficient (Wildman–Crippen LogP) is 5.67. The maximum atomic E-state index is 12.0. The predicted molar refractivity (Wildman–Crippen MR) is 162 cm³/mol. The fourth-order valence-electron chi connectivity index (χ4n) is 5.52. The number of phenols is 2. The van der Waals surface area contributed by atoms with Gasteiger partial charge in [-0.15, -0.1) is 0 Å². The molecule has 2 aliphatic heterocycles. The van der Waals surface area contributed by atoms with Gasteiger partial charge in [-0.1, -0.05) is 60.7 Å². The van der Waals surface area contributed by atoms with E-state index >= 15 is 0 Å². The van der Waals surface area contributed by atoms with E-state index in [1.807, 2.05) is 116 Å². The van der Waals surface area contributed by atoms with Gasteiger partial charge in [-0.25, -0.2) is 0 Å². The summed E-state index contributed by atoms with van der Waals surface area (Å²) in [7, 11) is -1.57. The van der Waals surface area contributed by atoms with Crippen molar-refractivity contribution in [3.05, 3.63) is 60.7 Å². The minimum atomic E-state index is -0.784. The van der Waals surface area contributed by atoms with Crippen LogP contribution in [0.15, 0.2) is 60.7 Å². The second-order valence-corrected chi connectivity index (χ2v) is 13.0. The third kappa shape index (κ3) is 3.96. The maximum Gasteiger partial charge on any atom is 0.498 e. The monoisotopic (exact) mass is 538 g/mol. The number of benzene rings is 4. The van der Waals surface area contributed by atoms with Crippen LogP contribution in [-0.2, 0) is 18.6 Å². The first-order valence-electron chi connectivity index (χ1n) is 13.8. The lowest BCUT2D eigenvalue weighted by Crippen LogP contribution is -2.41. The average molecular weight is 538 g/mol. The van der Waals surface area contributed by atoms with Gasteiger partial charge < -0.3 is 28.8 Å². The van der Waals surface area contributed by atoms with E-state index in [2.05, 4.69) is 0 Å². The van der Waals surface area contributed by atoms with E-state index in [4.69, 9.17) is 18.6 Å². The zero-order valence-electron chi connectivity index (χ0n) is 24.5. The molecule has 2 N–H and O–H groups in total. The summed E-state index contributed by atoms with van der Waals surface area (Å²) in [5.41, 5.74) is -0.287. The van der Waals surface area contributed by atoms with E-state index in [1.54, 1.807) is 0 Å². The number of hydrogen-bond acceptors (Lipinski definition) is 6. The van der Waals surface area contributed by atoms with Crippen LogP contribution >= 0.6 is 0 Å². The first kappa shape index (κ1) is 27.2. The quantitative estimate of drug-likeness (QED) is 0.328. The average Bonchev–Trinajstić information content (AvgIpc) is 3.23. The third-order valence-corrected chi connectivity index (χ3v) is 9.37. The molecular weight excluding hydrogens is 502 g/mol. The molecule has 2 aliphatic rings. The van der Waals surface area contributed by atoms with Crippen LogP contribution < -0.4 is 10.9 Å². The standard InChI is InChI=1S/C32H36B2O6/c1-29(2)30(3,4)38-33(37-29)23-17-19-13-9-11-15-21(19)25(27(23)35)26-22-16-12-10-14-20(22)18-24(28(26)36)34-39-31(5,6)32(7,8)40-34/h9-18,35-36H,1-8H3. The summed E-state index contributed by atoms with van der Waals surface area (Å²) in [5, 5.41) is 27.4. The molecule has 6 nitrogen and oxygen atoms in total. The minimum absolute atomic E-state index is 0.00345. The molecule has 40 heavy (non-hydrogen) atoms. The molecule has 0 bridgehead atoms. The van der Waals surface area contributed by atoms with Crippen LogP contribution in [0.25, 0.3) is 32.7 Å². The normalized spacial score (nSPS) is 21.0. The molecule has 2 heterocycles. The first-order valence-corrected chi connectivity index (χ1v) is 13.8. The van der Waals surface area contributed by atoms with Gasteiger partial charge in [-0.05, 0) is 76.9 Å². The summed E-state index contributed by atoms with van der Waals surface area (Å²) in [4.78, 5) is 0. The van der Waals surface area contributed by atoms with E-state index in [0.717, 1.165) is 21.5 Å². The lowest BCUT2D eigenvalue weighted by Gasteiger charge is -2.32. The molecule has 0 saturated carbocycles. The topological polar surface area (TPSA) is 77.4 Å². The smallest absolute Gasteiger partial charge is 0.498 e. The molecule has 206 valence electrons. The van der Waals surface area contributed by atoms with Crippen LogP contribution in [0.5, 0.6) is 11.5 Å². The second-order valence-electron chi connectivity index (χ2n) is 13.0. The lowest BCUT2D eigenvalue weighted by molar-refractivity contribution is 0.00578. The van der Waals surface area contributed by atoms with Crippen molar-refractivity contribution in [3.63, 3.8) is 0 Å². The van der Waals surface area contributed by atoms with E-state index < -0.39 is 36.6 Å². The van der Waals surface area contributed by atoms with Crippen molar-refractivity contribution in [2.24, 2.45) is 0 Å². The Balaban J connectivity index is 1.64. The number of aromatic hydroxyl groups is 2. The fourth-order valence-corrected chi connectivity index (χ4v) is 5.52. The molecule has 6 rings (SSSR count). The minimum Gasteiger partial charge on any atom is -0.508 e. The Morgan fingerprint density at radius 3 is 1.12 bits per heavy atom. The molecule has 4 aromatic rings. The number of hydrogen-bond donors (Lipinski definition) is 2. The fraction of sp³-hybridized carbons (Fsp3) is 0.375. The number of rotatable bonds is 3. The van der Waals surface area contributed by atoms with Crippen molar-refractivity contribution in [1.82, 2.24) is 0 Å². The van der Waals surface area contributed by atoms with Gasteiger partial charge in [-0.2, -0.15) is 0 Å². The van der Waals surface area contributed by atoms with Crippen molar-refractivity contribution in [2.75, 3.05) is 0 Å². The van der Waals surface area contributed by atoms with Gasteiger partial charge >= 0.3 is 14.2 Å². The number of phenolic OH excluding ortho intramolecular Hbond substituents is 2. The first-order chi connectivity index (χ1) is 18.6. The summed E-state index contributed by atoms with van der Waals surface area (Å²) < 4.78 is 25.4. The molecule has 0 unspecified atom stereocenters. The highest BCUT2D eigenvalue weighted by Crippen LogP contribution is 2.46. The molecule has 0 atom stereocenters. The summed E-state index contributed by atoms with van der Waals surface area (Å²) >= 11 is 0. The zero-order chi connectivity index (χ0) is 28.8. The van der Waals surface area contributed by atoms with Crippen molar-refractivity contribution >= 4 is 46.7 Å². The summed E-state index contributed by atoms with van der Waals surface area (Å²) in [5.74, 6) is 0.00689. The molecule has 0 aromatic heterocycles. The van der Waals surface area contributed by atoms with E-state index in [9.17, 15) is 10.2 Å². The van der Waals surface area contributed by atoms with Gasteiger partial charge in [0, 0.05) is 22.1 Å². The molecule has 2 saturated heterocycles. The molecule has 0 spiro atoms. The Labute approximate surface area is 236 Å². The van der Waals surface area contributed by atoms with Crippen LogP contribution in [-0.4, -0.2) is 46.9 Å². The van der Waals surface area contributed by atoms with Gasteiger partial charge in [0.2, 0.25) is 0 Å². The Kier molecular flexibility index (Phi) is 5.93. The van der Waals surface area contributed by atoms with Crippen molar-refractivity contribution in [2.45, 2.75) is 77.8 Å². The van der Waals surface area contributed by atoms with Gasteiger partial charge in [0.25, 0.3) is 0 Å². The Hall–Kier alpha value is -3.03. The highest BCUT2D eigenvalue weighted by Gasteiger charge is 2.54. The van der Waals surface area contributed by atoms with Crippen LogP contribution in [0.3, 0.4) is 0 Å². The SMILES string of the molecule is CC1(C)OB(c2cc3ccccc3c(-c3c(O)c(B4OC(C)(C)C(C)(C)O4)cc4ccccc34)c2O)OC1(C)C. The van der Waals surface area contributed by atoms with Crippen molar-refractivity contribution in [3.8, 4) is 22.6 Å². The summed E-state index contributed by atoms with van der Waals surface area (Å²) in [6.07, 6.45) is 0. The van der Waals surface area contributed by atoms with E-state index in [1.165, 1.54) is 0 Å². The van der Waals surface area contributed by atoms with Gasteiger partial charge in [0.15, 0.2) is 0 Å². The van der Waals surface area contributed by atoms with Crippen LogP contribution in [0.4, 0.5) is 0 Å². The van der Waals surface area contributed by atoms with E-state index in [-0.39, 0.29) is 11.5 Å². The molecule has 4 aromatic carbocycles. The molecule has 8 heteroatoms. The third-order valence-electron chi connectivity index (χ3n) is 9.37. The highest BCUT2D eigenvalue weighted by molar-refractivity contribution is 6.65. The highest BCUT2D eigenvalue weighted by atomic mass is 16.7. The lowest BCUT2D eigenvalue weighted by atomic mass is 9.72. The van der Waals surface area contributed by atoms with Crippen LogP contribution in [0.1, 0.15) is 55.4 Å². The van der Waals surface area contributed by atoms with Gasteiger partial charge in [-0.3, -0.25) is 0 Å². The van der Waals surface area contributed by atoms with Gasteiger partial charge in [0.1, 0.15) is 11.5 Å². The van der Waals surface area contributed by atoms with Crippen molar-refractivity contribution in [1.29, 1.82) is 0 Å². The van der Waals surface area contributed by atoms with E-state index in [0.29, 0.717) is 22.1 Å². The molecule has 0 aliphatic carbocycles. The molecule has 0 amide bonds. The zero-order valence-corrected chi connectivity index (χ0v) is 24.5. The van der Waals surface area contributed by atoms with Crippen LogP contribution in [0.2, 0.25) is 0 Å². The van der Waals surface area contributed by atoms with Crippen molar-refractivity contribution < 1.29 is 28.8 Å². The summed E-state index contributed by atoms with van der Waals surface area (Å²) in [6.45, 7) is 15.9. The summed E-state index contributed by atoms with van der Waals surface area (Å²) in [6, 6.07) is 19.5. The largest absolute Gasteiger partial charge is 0.508 e. The Morgan fingerprint density at radius 1 is 0.500 bits per heavy atom. The molecule has 0 radical (unpaired) electrons. The maximum absolute atomic E-state index is 12.0.